The largest absolute Gasteiger partial charge is 0.370 e. The average molecular weight is 214 g/mol. The van der Waals surface area contributed by atoms with E-state index < -0.39 is 0 Å². The van der Waals surface area contributed by atoms with Gasteiger partial charge in [0.2, 0.25) is 0 Å². The molecule has 2 heterocycles. The van der Waals surface area contributed by atoms with E-state index in [9.17, 15) is 0 Å². The zero-order valence-corrected chi connectivity index (χ0v) is 10.1. The third-order valence-electron chi connectivity index (χ3n) is 3.05. The van der Waals surface area contributed by atoms with Crippen LogP contribution in [0.1, 0.15) is 29.8 Å². The Morgan fingerprint density at radius 2 is 2.19 bits per heavy atom. The van der Waals surface area contributed by atoms with Crippen LogP contribution < -0.4 is 0 Å². The molecule has 2 heteroatoms. The van der Waals surface area contributed by atoms with Crippen molar-refractivity contribution in [2.24, 2.45) is 0 Å². The van der Waals surface area contributed by atoms with Crippen LogP contribution >= 0.6 is 0 Å². The highest BCUT2D eigenvalue weighted by molar-refractivity contribution is 5.30. The summed E-state index contributed by atoms with van der Waals surface area (Å²) in [7, 11) is 2.09. The normalized spacial score (nSPS) is 19.2. The van der Waals surface area contributed by atoms with Gasteiger partial charge in [0.05, 0.1) is 6.04 Å². The lowest BCUT2D eigenvalue weighted by Gasteiger charge is -2.26. The zero-order valence-electron chi connectivity index (χ0n) is 10.1. The van der Waals surface area contributed by atoms with Gasteiger partial charge in [-0.05, 0) is 36.7 Å². The molecule has 0 saturated carbocycles. The van der Waals surface area contributed by atoms with Crippen LogP contribution in [0.15, 0.2) is 36.7 Å². The molecule has 1 aromatic rings. The fraction of sp³-hybridized carbons (Fsp3) is 0.357. The van der Waals surface area contributed by atoms with Crippen molar-refractivity contribution in [3.63, 3.8) is 0 Å². The molecular weight excluding hydrogens is 196 g/mol. The lowest BCUT2D eigenvalue weighted by atomic mass is 10.0. The van der Waals surface area contributed by atoms with E-state index in [2.05, 4.69) is 61.3 Å². The van der Waals surface area contributed by atoms with Gasteiger partial charge in [-0.15, -0.1) is 0 Å². The average Bonchev–Trinajstić information content (AvgIpc) is 2.29. The molecule has 16 heavy (non-hydrogen) atoms. The van der Waals surface area contributed by atoms with E-state index in [0.29, 0.717) is 6.04 Å². The van der Waals surface area contributed by atoms with E-state index in [0.717, 1.165) is 6.42 Å². The molecule has 0 aliphatic carbocycles. The van der Waals surface area contributed by atoms with Crippen molar-refractivity contribution in [1.29, 1.82) is 0 Å². The minimum Gasteiger partial charge on any atom is -0.370 e. The number of hydrogen-bond donors (Lipinski definition) is 0. The molecule has 0 saturated heterocycles. The van der Waals surface area contributed by atoms with Gasteiger partial charge in [-0.25, -0.2) is 0 Å². The summed E-state index contributed by atoms with van der Waals surface area (Å²) < 4.78 is 0. The van der Waals surface area contributed by atoms with Crippen molar-refractivity contribution in [3.8, 4) is 0 Å². The van der Waals surface area contributed by atoms with Crippen LogP contribution in [-0.2, 0) is 6.42 Å². The Bertz CT molecular complexity index is 432. The summed E-state index contributed by atoms with van der Waals surface area (Å²) >= 11 is 0. The van der Waals surface area contributed by atoms with E-state index in [1.54, 1.807) is 0 Å². The van der Waals surface area contributed by atoms with Gasteiger partial charge in [-0.3, -0.25) is 4.98 Å². The molecule has 1 aromatic heterocycles. The zero-order chi connectivity index (χ0) is 11.5. The maximum absolute atomic E-state index is 4.52. The highest BCUT2D eigenvalue weighted by atomic mass is 15.1. The number of aromatic nitrogens is 1. The number of rotatable bonds is 2. The smallest absolute Gasteiger partial charge is 0.0735 e. The van der Waals surface area contributed by atoms with Crippen LogP contribution in [0, 0.1) is 6.92 Å². The Balaban J connectivity index is 2.31. The number of hydrogen-bond acceptors (Lipinski definition) is 2. The molecule has 0 aromatic carbocycles. The van der Waals surface area contributed by atoms with E-state index in [-0.39, 0.29) is 0 Å². The SMILES string of the molecule is CCc1ncc(C2C=CC=CN2C)cc1C. The van der Waals surface area contributed by atoms with E-state index in [1.165, 1.54) is 16.8 Å². The Morgan fingerprint density at radius 3 is 2.81 bits per heavy atom. The van der Waals surface area contributed by atoms with Crippen LogP contribution in [0.3, 0.4) is 0 Å². The maximum atomic E-state index is 4.52. The minimum atomic E-state index is 0.321. The van der Waals surface area contributed by atoms with Crippen LogP contribution in [0.2, 0.25) is 0 Å². The molecule has 0 spiro atoms. The van der Waals surface area contributed by atoms with Crippen LogP contribution in [0.5, 0.6) is 0 Å². The van der Waals surface area contributed by atoms with E-state index in [1.807, 2.05) is 6.20 Å². The van der Waals surface area contributed by atoms with Gasteiger partial charge in [0.25, 0.3) is 0 Å². The molecule has 0 radical (unpaired) electrons. The van der Waals surface area contributed by atoms with Gasteiger partial charge in [0.1, 0.15) is 0 Å². The lowest BCUT2D eigenvalue weighted by Crippen LogP contribution is -2.19. The first-order valence-corrected chi connectivity index (χ1v) is 5.74. The molecule has 0 amide bonds. The molecule has 84 valence electrons. The second kappa shape index (κ2) is 4.52. The first-order chi connectivity index (χ1) is 7.72. The number of likely N-dealkylation sites (N-methyl/N-ethyl adjacent to an activating group) is 1. The molecule has 1 aliphatic heterocycles. The summed E-state index contributed by atoms with van der Waals surface area (Å²) in [5.74, 6) is 0. The second-order valence-corrected chi connectivity index (χ2v) is 4.22. The predicted octanol–water partition coefficient (Wildman–Crippen LogP) is 3.01. The third kappa shape index (κ3) is 2.01. The van der Waals surface area contributed by atoms with Gasteiger partial charge >= 0.3 is 0 Å². The summed E-state index contributed by atoms with van der Waals surface area (Å²) in [4.78, 5) is 6.72. The van der Waals surface area contributed by atoms with Crippen molar-refractivity contribution in [3.05, 3.63) is 53.5 Å². The number of nitrogens with zero attached hydrogens (tertiary/aromatic N) is 2. The topological polar surface area (TPSA) is 16.1 Å². The number of allylic oxidation sites excluding steroid dienone is 2. The molecule has 1 aliphatic rings. The van der Waals surface area contributed by atoms with Gasteiger partial charge in [0.15, 0.2) is 0 Å². The van der Waals surface area contributed by atoms with Gasteiger partial charge in [-0.1, -0.05) is 25.1 Å². The van der Waals surface area contributed by atoms with Gasteiger partial charge < -0.3 is 4.90 Å². The molecule has 2 nitrogen and oxygen atoms in total. The third-order valence-corrected chi connectivity index (χ3v) is 3.05. The highest BCUT2D eigenvalue weighted by Gasteiger charge is 2.14. The Hall–Kier alpha value is -1.57. The van der Waals surface area contributed by atoms with E-state index in [4.69, 9.17) is 0 Å². The predicted molar refractivity (Wildman–Crippen MR) is 67.1 cm³/mol. The molecule has 1 atom stereocenters. The number of pyridine rings is 1. The summed E-state index contributed by atoms with van der Waals surface area (Å²) in [5, 5.41) is 0. The van der Waals surface area contributed by atoms with Crippen molar-refractivity contribution in [2.45, 2.75) is 26.3 Å². The Morgan fingerprint density at radius 1 is 1.38 bits per heavy atom. The first kappa shape index (κ1) is 10.9. The lowest BCUT2D eigenvalue weighted by molar-refractivity contribution is 0.389. The van der Waals surface area contributed by atoms with Crippen molar-refractivity contribution in [1.82, 2.24) is 9.88 Å². The molecular formula is C14H18N2. The quantitative estimate of drug-likeness (QED) is 0.752. The summed E-state index contributed by atoms with van der Waals surface area (Å²) in [6, 6.07) is 2.57. The molecule has 0 bridgehead atoms. The monoisotopic (exact) mass is 214 g/mol. The van der Waals surface area contributed by atoms with Crippen molar-refractivity contribution < 1.29 is 0 Å². The summed E-state index contributed by atoms with van der Waals surface area (Å²) in [5.41, 5.74) is 3.75. The summed E-state index contributed by atoms with van der Waals surface area (Å²) in [6.07, 6.45) is 11.4. The first-order valence-electron chi connectivity index (χ1n) is 5.74. The van der Waals surface area contributed by atoms with Crippen LogP contribution in [0.25, 0.3) is 0 Å². The minimum absolute atomic E-state index is 0.321. The molecule has 0 fully saturated rings. The molecule has 1 unspecified atom stereocenters. The van der Waals surface area contributed by atoms with Crippen LogP contribution in [-0.4, -0.2) is 16.9 Å². The van der Waals surface area contributed by atoms with Gasteiger partial charge in [0, 0.05) is 18.9 Å². The summed E-state index contributed by atoms with van der Waals surface area (Å²) in [6.45, 7) is 4.28. The second-order valence-electron chi connectivity index (χ2n) is 4.22. The Kier molecular flexibility index (Phi) is 3.09. The molecule has 2 rings (SSSR count). The maximum Gasteiger partial charge on any atom is 0.0735 e. The van der Waals surface area contributed by atoms with Crippen molar-refractivity contribution >= 4 is 0 Å². The van der Waals surface area contributed by atoms with Crippen molar-refractivity contribution in [2.75, 3.05) is 7.05 Å². The Labute approximate surface area is 97.3 Å². The van der Waals surface area contributed by atoms with Gasteiger partial charge in [-0.2, -0.15) is 0 Å². The molecule has 0 N–H and O–H groups in total. The highest BCUT2D eigenvalue weighted by Crippen LogP contribution is 2.24. The number of aryl methyl sites for hydroxylation is 2. The fourth-order valence-corrected chi connectivity index (χ4v) is 2.09. The fourth-order valence-electron chi connectivity index (χ4n) is 2.09. The standard InChI is InChI=1S/C14H18N2/c1-4-13-11(2)9-12(10-15-13)14-7-5-6-8-16(14)3/h5-10,14H,4H2,1-3H3. The van der Waals surface area contributed by atoms with Crippen LogP contribution in [0.4, 0.5) is 0 Å². The van der Waals surface area contributed by atoms with E-state index >= 15 is 0 Å².